The molecule has 0 aliphatic heterocycles. The maximum atomic E-state index is 11.5. The van der Waals surface area contributed by atoms with Crippen LogP contribution in [0.3, 0.4) is 0 Å². The van der Waals surface area contributed by atoms with Gasteiger partial charge in [-0.2, -0.15) is 11.8 Å². The van der Waals surface area contributed by atoms with E-state index in [4.69, 9.17) is 0 Å². The molecule has 0 spiro atoms. The Balaban J connectivity index is 2.61. The highest BCUT2D eigenvalue weighted by molar-refractivity contribution is 7.98. The highest BCUT2D eigenvalue weighted by Crippen LogP contribution is 2.27. The minimum atomic E-state index is -0.887. The molecule has 0 aliphatic rings. The fraction of sp³-hybridized carbons (Fsp3) is 0.500. The molecule has 21 heavy (non-hydrogen) atoms. The normalized spacial score (nSPS) is 12.7. The predicted molar refractivity (Wildman–Crippen MR) is 88.4 cm³/mol. The zero-order valence-corrected chi connectivity index (χ0v) is 13.6. The van der Waals surface area contributed by atoms with E-state index >= 15 is 0 Å². The SMILES string of the molecule is CCCc1nc2cccc(C(=O)O)c2n1C(C)CCSC. The number of nitrogens with zero attached hydrogens (tertiary/aromatic N) is 2. The van der Waals surface area contributed by atoms with Crippen molar-refractivity contribution in [3.8, 4) is 0 Å². The Morgan fingerprint density at radius 3 is 2.86 bits per heavy atom. The van der Waals surface area contributed by atoms with E-state index < -0.39 is 5.97 Å². The van der Waals surface area contributed by atoms with E-state index in [2.05, 4.69) is 29.7 Å². The number of hydrogen-bond donors (Lipinski definition) is 1. The number of aromatic carboxylic acids is 1. The summed E-state index contributed by atoms with van der Waals surface area (Å²) in [4.78, 5) is 16.2. The van der Waals surface area contributed by atoms with Crippen LogP contribution in [0.1, 0.15) is 48.9 Å². The highest BCUT2D eigenvalue weighted by Gasteiger charge is 2.20. The van der Waals surface area contributed by atoms with Crippen molar-refractivity contribution in [3.63, 3.8) is 0 Å². The first-order valence-electron chi connectivity index (χ1n) is 7.32. The quantitative estimate of drug-likeness (QED) is 0.840. The van der Waals surface area contributed by atoms with E-state index in [9.17, 15) is 9.90 Å². The summed E-state index contributed by atoms with van der Waals surface area (Å²) in [6.07, 6.45) is 4.98. The van der Waals surface area contributed by atoms with Gasteiger partial charge in [0.1, 0.15) is 5.82 Å². The number of rotatable bonds is 7. The van der Waals surface area contributed by atoms with Crippen LogP contribution in [0.15, 0.2) is 18.2 Å². The lowest BCUT2D eigenvalue weighted by Crippen LogP contribution is -2.12. The molecule has 1 aromatic heterocycles. The van der Waals surface area contributed by atoms with Crippen LogP contribution < -0.4 is 0 Å². The van der Waals surface area contributed by atoms with Gasteiger partial charge in [-0.1, -0.05) is 13.0 Å². The van der Waals surface area contributed by atoms with Crippen LogP contribution >= 0.6 is 11.8 Å². The second-order valence-electron chi connectivity index (χ2n) is 5.26. The number of carboxylic acids is 1. The number of fused-ring (bicyclic) bond motifs is 1. The van der Waals surface area contributed by atoms with Gasteiger partial charge in [0.15, 0.2) is 0 Å². The van der Waals surface area contributed by atoms with Gasteiger partial charge in [0.05, 0.1) is 16.6 Å². The summed E-state index contributed by atoms with van der Waals surface area (Å²) in [5.41, 5.74) is 1.90. The van der Waals surface area contributed by atoms with E-state index in [0.29, 0.717) is 5.56 Å². The van der Waals surface area contributed by atoms with Crippen LogP contribution in [0.2, 0.25) is 0 Å². The molecule has 5 heteroatoms. The van der Waals surface area contributed by atoms with Crippen LogP contribution in [0.4, 0.5) is 0 Å². The van der Waals surface area contributed by atoms with Gasteiger partial charge < -0.3 is 9.67 Å². The monoisotopic (exact) mass is 306 g/mol. The topological polar surface area (TPSA) is 55.1 Å². The summed E-state index contributed by atoms with van der Waals surface area (Å²) in [6.45, 7) is 4.27. The number of aryl methyl sites for hydroxylation is 1. The zero-order valence-electron chi connectivity index (χ0n) is 12.8. The Labute approximate surface area is 129 Å². The third kappa shape index (κ3) is 3.23. The number of imidazole rings is 1. The molecule has 114 valence electrons. The summed E-state index contributed by atoms with van der Waals surface area (Å²) in [7, 11) is 0. The Morgan fingerprint density at radius 1 is 1.48 bits per heavy atom. The number of thioether (sulfide) groups is 1. The van der Waals surface area contributed by atoms with Crippen molar-refractivity contribution < 1.29 is 9.90 Å². The molecule has 0 amide bonds. The van der Waals surface area contributed by atoms with Crippen LogP contribution in [-0.4, -0.2) is 32.6 Å². The molecule has 1 unspecified atom stereocenters. The van der Waals surface area contributed by atoms with E-state index in [1.807, 2.05) is 17.8 Å². The van der Waals surface area contributed by atoms with E-state index in [1.54, 1.807) is 12.1 Å². The number of para-hydroxylation sites is 1. The van der Waals surface area contributed by atoms with Crippen LogP contribution in [-0.2, 0) is 6.42 Å². The molecule has 1 heterocycles. The minimum absolute atomic E-state index is 0.254. The van der Waals surface area contributed by atoms with Gasteiger partial charge in [-0.05, 0) is 43.9 Å². The van der Waals surface area contributed by atoms with Crippen molar-refractivity contribution in [1.29, 1.82) is 0 Å². The van der Waals surface area contributed by atoms with Gasteiger partial charge in [0.25, 0.3) is 0 Å². The summed E-state index contributed by atoms with van der Waals surface area (Å²) in [6, 6.07) is 5.59. The molecule has 0 radical (unpaired) electrons. The number of hydrogen-bond acceptors (Lipinski definition) is 3. The number of carboxylic acid groups (broad SMARTS) is 1. The molecular weight excluding hydrogens is 284 g/mol. The third-order valence-corrected chi connectivity index (χ3v) is 4.31. The molecule has 0 saturated carbocycles. The Hall–Kier alpha value is -1.49. The Bertz CT molecular complexity index is 636. The van der Waals surface area contributed by atoms with Gasteiger partial charge in [0.2, 0.25) is 0 Å². The number of carbonyl (C=O) groups is 1. The van der Waals surface area contributed by atoms with Crippen molar-refractivity contribution in [3.05, 3.63) is 29.6 Å². The number of aromatic nitrogens is 2. The van der Waals surface area contributed by atoms with Crippen molar-refractivity contribution >= 4 is 28.8 Å². The Morgan fingerprint density at radius 2 is 2.24 bits per heavy atom. The largest absolute Gasteiger partial charge is 0.478 e. The molecule has 1 aromatic carbocycles. The first kappa shape index (κ1) is 15.9. The van der Waals surface area contributed by atoms with Gasteiger partial charge in [-0.25, -0.2) is 9.78 Å². The maximum absolute atomic E-state index is 11.5. The third-order valence-electron chi connectivity index (χ3n) is 3.67. The molecule has 1 N–H and O–H groups in total. The standard InChI is InChI=1S/C16H22N2O2S/c1-4-6-14-17-13-8-5-7-12(16(19)20)15(13)18(14)11(2)9-10-21-3/h5,7-8,11H,4,6,9-10H2,1-3H3,(H,19,20). The van der Waals surface area contributed by atoms with Gasteiger partial charge in [0, 0.05) is 12.5 Å². The summed E-state index contributed by atoms with van der Waals surface area (Å²) in [5.74, 6) is 1.17. The lowest BCUT2D eigenvalue weighted by atomic mass is 10.1. The predicted octanol–water partition coefficient (Wildman–Crippen LogP) is 4.00. The van der Waals surface area contributed by atoms with Gasteiger partial charge in [-0.15, -0.1) is 0 Å². The first-order valence-corrected chi connectivity index (χ1v) is 8.71. The fourth-order valence-electron chi connectivity index (χ4n) is 2.66. The van der Waals surface area contributed by atoms with Crippen molar-refractivity contribution in [2.75, 3.05) is 12.0 Å². The molecule has 0 saturated heterocycles. The average Bonchev–Trinajstić information content (AvgIpc) is 2.82. The van der Waals surface area contributed by atoms with Gasteiger partial charge >= 0.3 is 5.97 Å². The summed E-state index contributed by atoms with van der Waals surface area (Å²) in [5, 5.41) is 9.46. The molecule has 4 nitrogen and oxygen atoms in total. The zero-order chi connectivity index (χ0) is 15.4. The number of benzene rings is 1. The van der Waals surface area contributed by atoms with Crippen molar-refractivity contribution in [1.82, 2.24) is 9.55 Å². The first-order chi connectivity index (χ1) is 10.1. The van der Waals surface area contributed by atoms with E-state index in [0.717, 1.165) is 41.9 Å². The molecule has 0 bridgehead atoms. The highest BCUT2D eigenvalue weighted by atomic mass is 32.2. The van der Waals surface area contributed by atoms with E-state index in [1.165, 1.54) is 0 Å². The van der Waals surface area contributed by atoms with Crippen molar-refractivity contribution in [2.45, 2.75) is 39.2 Å². The second-order valence-corrected chi connectivity index (χ2v) is 6.24. The molecule has 2 rings (SSSR count). The van der Waals surface area contributed by atoms with Crippen LogP contribution in [0, 0.1) is 0 Å². The fourth-order valence-corrected chi connectivity index (χ4v) is 3.24. The molecule has 2 aromatic rings. The second kappa shape index (κ2) is 6.98. The maximum Gasteiger partial charge on any atom is 0.337 e. The van der Waals surface area contributed by atoms with Crippen molar-refractivity contribution in [2.24, 2.45) is 0 Å². The molecule has 0 fully saturated rings. The van der Waals surface area contributed by atoms with E-state index in [-0.39, 0.29) is 6.04 Å². The van der Waals surface area contributed by atoms with Gasteiger partial charge in [-0.3, -0.25) is 0 Å². The molecular formula is C16H22N2O2S. The Kier molecular flexibility index (Phi) is 5.28. The molecule has 0 aliphatic carbocycles. The smallest absolute Gasteiger partial charge is 0.337 e. The van der Waals surface area contributed by atoms with Crippen LogP contribution in [0.25, 0.3) is 11.0 Å². The lowest BCUT2D eigenvalue weighted by molar-refractivity contribution is 0.0698. The van der Waals surface area contributed by atoms with Crippen LogP contribution in [0.5, 0.6) is 0 Å². The minimum Gasteiger partial charge on any atom is -0.478 e. The summed E-state index contributed by atoms with van der Waals surface area (Å²) >= 11 is 1.81. The summed E-state index contributed by atoms with van der Waals surface area (Å²) < 4.78 is 2.14. The average molecular weight is 306 g/mol. The lowest BCUT2D eigenvalue weighted by Gasteiger charge is -2.18. The molecule has 1 atom stereocenters.